The van der Waals surface area contributed by atoms with Crippen molar-refractivity contribution in [2.24, 2.45) is 63.9 Å². The normalized spacial score (nSPS) is 53.4. The minimum atomic E-state index is -0.493. The van der Waals surface area contributed by atoms with Gasteiger partial charge in [-0.15, -0.1) is 0 Å². The van der Waals surface area contributed by atoms with Gasteiger partial charge in [-0.1, -0.05) is 48.0 Å². The molecule has 0 aromatic rings. The van der Waals surface area contributed by atoms with Gasteiger partial charge in [-0.3, -0.25) is 4.79 Å². The van der Waals surface area contributed by atoms with Crippen molar-refractivity contribution in [3.63, 3.8) is 0 Å². The molecular formula is C33H55NO4. The topological polar surface area (TPSA) is 70.8 Å². The number of fused-ring (bicyclic) bond motifs is 7. The molecule has 216 valence electrons. The van der Waals surface area contributed by atoms with E-state index in [1.807, 2.05) is 6.92 Å². The van der Waals surface area contributed by atoms with E-state index in [0.29, 0.717) is 40.6 Å². The summed E-state index contributed by atoms with van der Waals surface area (Å²) in [6.45, 7) is 15.0. The smallest absolute Gasteiger partial charge is 0.323 e. The molecule has 2 saturated heterocycles. The minimum Gasteiger partial charge on any atom is -0.461 e. The minimum absolute atomic E-state index is 0.0515. The van der Waals surface area contributed by atoms with Crippen molar-refractivity contribution in [1.82, 2.24) is 0 Å². The van der Waals surface area contributed by atoms with Gasteiger partial charge in [0.25, 0.3) is 0 Å². The molecule has 2 aliphatic heterocycles. The van der Waals surface area contributed by atoms with Crippen LogP contribution in [0.3, 0.4) is 0 Å². The standard InChI is InChI=1S/C33H55NO4/c1-7-20(3)29(34)30(35)37-23-11-13-31(5)22(16-23)8-9-24-25(31)12-14-32(6)26(24)17-27-28(32)21(4)33(38-27)15-10-19(2)18-36-33/h19-29H,7-18,34H2,1-6H3/t19-,20?,21?,22?,23-,24?,25?,26?,27?,28?,29?,31-,32-,33+/m0/s1. The summed E-state index contributed by atoms with van der Waals surface area (Å²) in [4.78, 5) is 12.7. The number of carbonyl (C=O) groups is 1. The summed E-state index contributed by atoms with van der Waals surface area (Å²) in [5.74, 6) is 4.51. The molecule has 6 rings (SSSR count). The van der Waals surface area contributed by atoms with Crippen LogP contribution in [0, 0.1) is 58.2 Å². The van der Waals surface area contributed by atoms with Crippen LogP contribution in [0.4, 0.5) is 0 Å². The average molecular weight is 530 g/mol. The van der Waals surface area contributed by atoms with Crippen LogP contribution >= 0.6 is 0 Å². The maximum Gasteiger partial charge on any atom is 0.323 e. The summed E-state index contributed by atoms with van der Waals surface area (Å²) < 4.78 is 19.5. The summed E-state index contributed by atoms with van der Waals surface area (Å²) >= 11 is 0. The van der Waals surface area contributed by atoms with Gasteiger partial charge in [-0.2, -0.15) is 0 Å². The van der Waals surface area contributed by atoms with E-state index >= 15 is 0 Å². The number of ether oxygens (including phenoxy) is 3. The van der Waals surface area contributed by atoms with Gasteiger partial charge in [0.05, 0.1) is 12.7 Å². The number of hydrogen-bond donors (Lipinski definition) is 1. The average Bonchev–Trinajstić information content (AvgIpc) is 3.35. The molecule has 0 radical (unpaired) electrons. The Hall–Kier alpha value is -0.650. The first kappa shape index (κ1) is 27.5. The zero-order valence-electron chi connectivity index (χ0n) is 25.0. The van der Waals surface area contributed by atoms with Crippen molar-refractivity contribution in [2.45, 2.75) is 136 Å². The lowest BCUT2D eigenvalue weighted by molar-refractivity contribution is -0.273. The van der Waals surface area contributed by atoms with E-state index in [9.17, 15) is 4.79 Å². The van der Waals surface area contributed by atoms with E-state index in [0.717, 1.165) is 50.0 Å². The second-order valence-electron chi connectivity index (χ2n) is 15.4. The third kappa shape index (κ3) is 4.06. The van der Waals surface area contributed by atoms with Crippen molar-refractivity contribution in [1.29, 1.82) is 0 Å². The molecule has 9 unspecified atom stereocenters. The lowest BCUT2D eigenvalue weighted by Crippen LogP contribution is -2.55. The Kier molecular flexibility index (Phi) is 7.04. The number of rotatable bonds is 4. The number of esters is 1. The van der Waals surface area contributed by atoms with Crippen molar-refractivity contribution < 1.29 is 19.0 Å². The molecular weight excluding hydrogens is 474 g/mol. The van der Waals surface area contributed by atoms with Crippen LogP contribution in [0.15, 0.2) is 0 Å². The first-order valence-electron chi connectivity index (χ1n) is 16.3. The molecule has 0 aromatic carbocycles. The zero-order chi connectivity index (χ0) is 27.0. The highest BCUT2D eigenvalue weighted by molar-refractivity contribution is 5.76. The SMILES string of the molecule is CCC(C)C(N)C(=O)O[C@H]1CC[C@@]2(C)C(CCC3C2CC[C@@]2(C)C3CC3O[C@]4(CC[C@H](C)CO4)C(C)C32)C1. The van der Waals surface area contributed by atoms with Crippen molar-refractivity contribution >= 4 is 5.97 Å². The largest absolute Gasteiger partial charge is 0.461 e. The maximum absolute atomic E-state index is 12.7. The predicted molar refractivity (Wildman–Crippen MR) is 149 cm³/mol. The lowest BCUT2D eigenvalue weighted by Gasteiger charge is -2.61. The molecule has 4 saturated carbocycles. The van der Waals surface area contributed by atoms with Crippen molar-refractivity contribution in [3.05, 3.63) is 0 Å². The third-order valence-electron chi connectivity index (χ3n) is 13.7. The Balaban J connectivity index is 1.13. The van der Waals surface area contributed by atoms with Crippen LogP contribution in [0.2, 0.25) is 0 Å². The maximum atomic E-state index is 12.7. The van der Waals surface area contributed by atoms with Gasteiger partial charge in [0.15, 0.2) is 5.79 Å². The van der Waals surface area contributed by atoms with E-state index in [1.54, 1.807) is 0 Å². The van der Waals surface area contributed by atoms with Crippen LogP contribution in [0.1, 0.15) is 112 Å². The fraction of sp³-hybridized carbons (Fsp3) is 0.970. The first-order chi connectivity index (χ1) is 18.0. The van der Waals surface area contributed by atoms with E-state index < -0.39 is 6.04 Å². The van der Waals surface area contributed by atoms with Gasteiger partial charge in [0, 0.05) is 12.3 Å². The van der Waals surface area contributed by atoms with E-state index in [1.165, 1.54) is 44.9 Å². The van der Waals surface area contributed by atoms with Gasteiger partial charge < -0.3 is 19.9 Å². The van der Waals surface area contributed by atoms with Gasteiger partial charge >= 0.3 is 5.97 Å². The highest BCUT2D eigenvalue weighted by Crippen LogP contribution is 2.71. The molecule has 6 fully saturated rings. The summed E-state index contributed by atoms with van der Waals surface area (Å²) in [6.07, 6.45) is 13.4. The van der Waals surface area contributed by atoms with Crippen LogP contribution in [-0.4, -0.2) is 36.6 Å². The molecule has 4 aliphatic carbocycles. The van der Waals surface area contributed by atoms with Gasteiger partial charge in [0.2, 0.25) is 0 Å². The second kappa shape index (κ2) is 9.72. The number of carbonyl (C=O) groups excluding carboxylic acids is 1. The molecule has 5 nitrogen and oxygen atoms in total. The Labute approximate surface area is 231 Å². The van der Waals surface area contributed by atoms with E-state index in [-0.39, 0.29) is 23.8 Å². The third-order valence-corrected chi connectivity index (χ3v) is 13.7. The number of hydrogen-bond acceptors (Lipinski definition) is 5. The molecule has 2 N–H and O–H groups in total. The molecule has 38 heavy (non-hydrogen) atoms. The van der Waals surface area contributed by atoms with Gasteiger partial charge in [-0.05, 0) is 110 Å². The molecule has 0 bridgehead atoms. The summed E-state index contributed by atoms with van der Waals surface area (Å²) in [7, 11) is 0. The van der Waals surface area contributed by atoms with E-state index in [2.05, 4.69) is 34.6 Å². The first-order valence-corrected chi connectivity index (χ1v) is 16.3. The Bertz CT molecular complexity index is 899. The van der Waals surface area contributed by atoms with Gasteiger partial charge in [-0.25, -0.2) is 0 Å². The molecule has 0 aromatic heterocycles. The van der Waals surface area contributed by atoms with Crippen LogP contribution in [-0.2, 0) is 19.0 Å². The van der Waals surface area contributed by atoms with E-state index in [4.69, 9.17) is 19.9 Å². The predicted octanol–water partition coefficient (Wildman–Crippen LogP) is 6.72. The molecule has 14 atom stereocenters. The summed E-state index contributed by atoms with van der Waals surface area (Å²) in [5, 5.41) is 0. The van der Waals surface area contributed by atoms with Crippen LogP contribution < -0.4 is 5.73 Å². The molecule has 6 aliphatic rings. The van der Waals surface area contributed by atoms with Crippen LogP contribution in [0.25, 0.3) is 0 Å². The molecule has 5 heteroatoms. The van der Waals surface area contributed by atoms with Crippen molar-refractivity contribution in [2.75, 3.05) is 6.61 Å². The Morgan fingerprint density at radius 1 is 1.00 bits per heavy atom. The fourth-order valence-electron chi connectivity index (χ4n) is 11.1. The monoisotopic (exact) mass is 529 g/mol. The lowest BCUT2D eigenvalue weighted by atomic mass is 9.44. The highest BCUT2D eigenvalue weighted by atomic mass is 16.7. The Morgan fingerprint density at radius 2 is 1.76 bits per heavy atom. The van der Waals surface area contributed by atoms with Crippen LogP contribution in [0.5, 0.6) is 0 Å². The highest BCUT2D eigenvalue weighted by Gasteiger charge is 2.69. The molecule has 2 heterocycles. The quantitative estimate of drug-likeness (QED) is 0.410. The van der Waals surface area contributed by atoms with Crippen molar-refractivity contribution in [3.8, 4) is 0 Å². The summed E-state index contributed by atoms with van der Waals surface area (Å²) in [6, 6.07) is -0.493. The summed E-state index contributed by atoms with van der Waals surface area (Å²) in [5.41, 5.74) is 6.96. The molecule has 1 spiro atoms. The zero-order valence-corrected chi connectivity index (χ0v) is 25.0. The Morgan fingerprint density at radius 3 is 2.47 bits per heavy atom. The van der Waals surface area contributed by atoms with Gasteiger partial charge in [0.1, 0.15) is 12.1 Å². The second-order valence-corrected chi connectivity index (χ2v) is 15.4. The fourth-order valence-corrected chi connectivity index (χ4v) is 11.1. The molecule has 0 amide bonds. The number of nitrogens with two attached hydrogens (primary N) is 1.